The van der Waals surface area contributed by atoms with Crippen LogP contribution in [0, 0.1) is 0 Å². The molecule has 2 aromatic heterocycles. The molecule has 210 valence electrons. The third kappa shape index (κ3) is 7.01. The molecular formula is C28H32F3N3O5. The molecule has 0 saturated heterocycles. The van der Waals surface area contributed by atoms with Gasteiger partial charge in [0.15, 0.2) is 0 Å². The topological polar surface area (TPSA) is 91.7 Å². The molecule has 3 aromatic rings. The lowest BCUT2D eigenvalue weighted by molar-refractivity contribution is -0.141. The van der Waals surface area contributed by atoms with E-state index in [1.54, 1.807) is 59.7 Å². The molecule has 1 saturated carbocycles. The third-order valence-electron chi connectivity index (χ3n) is 5.95. The van der Waals surface area contributed by atoms with Crippen LogP contribution in [0.1, 0.15) is 71.6 Å². The Labute approximate surface area is 224 Å². The van der Waals surface area contributed by atoms with Crippen LogP contribution in [-0.2, 0) is 15.7 Å². The van der Waals surface area contributed by atoms with Crippen LogP contribution in [-0.4, -0.2) is 39.0 Å². The van der Waals surface area contributed by atoms with Crippen LogP contribution >= 0.6 is 0 Å². The number of amides is 1. The van der Waals surface area contributed by atoms with Crippen LogP contribution in [0.4, 0.5) is 28.4 Å². The lowest BCUT2D eigenvalue weighted by Gasteiger charge is -2.35. The first-order valence-electron chi connectivity index (χ1n) is 12.6. The highest BCUT2D eigenvalue weighted by Crippen LogP contribution is 2.40. The molecule has 11 heteroatoms. The second kappa shape index (κ2) is 10.1. The lowest BCUT2D eigenvalue weighted by Crippen LogP contribution is -2.32. The summed E-state index contributed by atoms with van der Waals surface area (Å²) in [5.74, 6) is 0.567. The normalized spacial score (nSPS) is 17.9. The first-order chi connectivity index (χ1) is 18.0. The van der Waals surface area contributed by atoms with Crippen molar-refractivity contribution in [2.45, 2.75) is 83.8 Å². The van der Waals surface area contributed by atoms with Gasteiger partial charge in [0.05, 0.1) is 17.3 Å². The third-order valence-corrected chi connectivity index (χ3v) is 5.95. The van der Waals surface area contributed by atoms with Gasteiger partial charge < -0.3 is 14.2 Å². The molecular weight excluding hydrogens is 515 g/mol. The fraction of sp³-hybridized carbons (Fsp3) is 0.464. The van der Waals surface area contributed by atoms with Crippen LogP contribution in [0.5, 0.6) is 5.75 Å². The minimum atomic E-state index is -4.47. The maximum Gasteiger partial charge on any atom is 0.433 e. The summed E-state index contributed by atoms with van der Waals surface area (Å²) < 4.78 is 56.6. The maximum absolute atomic E-state index is 12.9. The molecule has 1 aliphatic rings. The summed E-state index contributed by atoms with van der Waals surface area (Å²) in [6, 6.07) is 7.58. The second-order valence-corrected chi connectivity index (χ2v) is 11.6. The number of halogens is 3. The number of hydrogen-bond acceptors (Lipinski definition) is 6. The van der Waals surface area contributed by atoms with Crippen molar-refractivity contribution in [3.63, 3.8) is 0 Å². The van der Waals surface area contributed by atoms with Gasteiger partial charge in [-0.15, -0.1) is 0 Å². The molecule has 0 spiro atoms. The van der Waals surface area contributed by atoms with E-state index in [1.807, 2.05) is 0 Å². The highest BCUT2D eigenvalue weighted by atomic mass is 19.4. The van der Waals surface area contributed by atoms with Crippen LogP contribution in [0.2, 0.25) is 0 Å². The number of hydrogen-bond donors (Lipinski definition) is 1. The van der Waals surface area contributed by atoms with Gasteiger partial charge in [-0.1, -0.05) is 6.07 Å². The fourth-order valence-corrected chi connectivity index (χ4v) is 4.20. The zero-order valence-corrected chi connectivity index (χ0v) is 22.7. The van der Waals surface area contributed by atoms with Crippen LogP contribution in [0.25, 0.3) is 10.9 Å². The molecule has 1 aromatic carbocycles. The zero-order valence-electron chi connectivity index (χ0n) is 22.7. The number of ether oxygens (including phenoxy) is 3. The van der Waals surface area contributed by atoms with Gasteiger partial charge in [-0.3, -0.25) is 14.9 Å². The van der Waals surface area contributed by atoms with E-state index >= 15 is 0 Å². The van der Waals surface area contributed by atoms with E-state index in [2.05, 4.69) is 10.3 Å². The number of fused-ring (bicyclic) bond motifs is 1. The minimum absolute atomic E-state index is 0.0474. The van der Waals surface area contributed by atoms with Crippen LogP contribution < -0.4 is 10.1 Å². The molecule has 1 N–H and O–H groups in total. The van der Waals surface area contributed by atoms with Gasteiger partial charge in [-0.2, -0.15) is 13.2 Å². The summed E-state index contributed by atoms with van der Waals surface area (Å²) in [5.41, 5.74) is -0.774. The van der Waals surface area contributed by atoms with Gasteiger partial charge in [-0.25, -0.2) is 9.59 Å². The van der Waals surface area contributed by atoms with Crippen molar-refractivity contribution in [2.75, 3.05) is 5.32 Å². The number of rotatable bonds is 4. The molecule has 1 amide bonds. The quantitative estimate of drug-likeness (QED) is 0.363. The Hall–Kier alpha value is -3.76. The van der Waals surface area contributed by atoms with Gasteiger partial charge in [0.25, 0.3) is 0 Å². The zero-order chi connectivity index (χ0) is 28.8. The minimum Gasteiger partial charge on any atom is -0.490 e. The molecule has 1 fully saturated rings. The molecule has 2 heterocycles. The Morgan fingerprint density at radius 1 is 0.974 bits per heavy atom. The van der Waals surface area contributed by atoms with E-state index < -0.39 is 35.3 Å². The van der Waals surface area contributed by atoms with Crippen molar-refractivity contribution in [1.82, 2.24) is 9.55 Å². The van der Waals surface area contributed by atoms with Gasteiger partial charge >= 0.3 is 18.4 Å². The number of aromatic nitrogens is 2. The van der Waals surface area contributed by atoms with E-state index in [4.69, 9.17) is 14.2 Å². The van der Waals surface area contributed by atoms with E-state index in [-0.39, 0.29) is 12.0 Å². The smallest absolute Gasteiger partial charge is 0.433 e. The molecule has 0 atom stereocenters. The second-order valence-electron chi connectivity index (χ2n) is 11.6. The SMILES string of the molecule is CC(C)(C)OC(=O)Nc1cn(C(=O)OC(C)(C)C)c2ccc(O[C@H]3C[C@@H](c4ccc(C(F)(F)F)nc4)C3)cc12. The fourth-order valence-electron chi connectivity index (χ4n) is 4.20. The summed E-state index contributed by atoms with van der Waals surface area (Å²) >= 11 is 0. The van der Waals surface area contributed by atoms with Crippen LogP contribution in [0.15, 0.2) is 42.7 Å². The maximum atomic E-state index is 12.9. The molecule has 0 radical (unpaired) electrons. The lowest BCUT2D eigenvalue weighted by atomic mass is 9.78. The number of benzene rings is 1. The van der Waals surface area contributed by atoms with Gasteiger partial charge in [0.1, 0.15) is 22.6 Å². The van der Waals surface area contributed by atoms with Crippen molar-refractivity contribution in [1.29, 1.82) is 0 Å². The number of alkyl halides is 3. The number of nitrogens with zero attached hydrogens (tertiary/aromatic N) is 2. The molecule has 0 bridgehead atoms. The van der Waals surface area contributed by atoms with Gasteiger partial charge in [0, 0.05) is 17.8 Å². The van der Waals surface area contributed by atoms with Gasteiger partial charge in [-0.05, 0) is 90.1 Å². The highest BCUT2D eigenvalue weighted by molar-refractivity contribution is 6.03. The Balaban J connectivity index is 1.52. The summed E-state index contributed by atoms with van der Waals surface area (Å²) in [4.78, 5) is 28.9. The molecule has 4 rings (SSSR count). The van der Waals surface area contributed by atoms with Gasteiger partial charge in [0.2, 0.25) is 0 Å². The summed E-state index contributed by atoms with van der Waals surface area (Å²) in [5, 5.41) is 3.25. The monoisotopic (exact) mass is 547 g/mol. The predicted octanol–water partition coefficient (Wildman–Crippen LogP) is 7.51. The Bertz CT molecular complexity index is 1360. The Morgan fingerprint density at radius 2 is 1.64 bits per heavy atom. The number of nitrogens with one attached hydrogen (secondary N) is 1. The largest absolute Gasteiger partial charge is 0.490 e. The molecule has 8 nitrogen and oxygen atoms in total. The standard InChI is InChI=1S/C28H32F3N3O5/c1-26(2,3)38-24(35)33-21-15-34(25(36)39-27(4,5)6)22-9-8-18(13-20(21)22)37-19-11-17(12-19)16-7-10-23(32-14-16)28(29,30)31/h7-10,13-15,17,19H,11-12H2,1-6H3,(H,33,35)/t17-,19+. The van der Waals surface area contributed by atoms with E-state index in [0.29, 0.717) is 35.2 Å². The van der Waals surface area contributed by atoms with Crippen molar-refractivity contribution in [2.24, 2.45) is 0 Å². The van der Waals surface area contributed by atoms with Crippen molar-refractivity contribution in [3.05, 3.63) is 54.0 Å². The van der Waals surface area contributed by atoms with Crippen molar-refractivity contribution < 1.29 is 37.0 Å². The summed E-state index contributed by atoms with van der Waals surface area (Å²) in [6.07, 6.45) is -1.92. The highest BCUT2D eigenvalue weighted by Gasteiger charge is 2.35. The molecule has 39 heavy (non-hydrogen) atoms. The average Bonchev–Trinajstić information content (AvgIpc) is 3.11. The van der Waals surface area contributed by atoms with E-state index in [1.165, 1.54) is 23.0 Å². The number of carbonyl (C=O) groups excluding carboxylic acids is 2. The first-order valence-corrected chi connectivity index (χ1v) is 12.6. The summed E-state index contributed by atoms with van der Waals surface area (Å²) in [7, 11) is 0. The molecule has 0 unspecified atom stereocenters. The molecule has 1 aliphatic carbocycles. The predicted molar refractivity (Wildman–Crippen MR) is 139 cm³/mol. The average molecular weight is 548 g/mol. The first kappa shape index (κ1) is 28.3. The summed E-state index contributed by atoms with van der Waals surface area (Å²) in [6.45, 7) is 10.5. The van der Waals surface area contributed by atoms with Crippen molar-refractivity contribution in [3.8, 4) is 5.75 Å². The van der Waals surface area contributed by atoms with Crippen LogP contribution in [0.3, 0.4) is 0 Å². The van der Waals surface area contributed by atoms with E-state index in [0.717, 1.165) is 11.6 Å². The Morgan fingerprint density at radius 3 is 2.21 bits per heavy atom. The number of anilines is 1. The Kier molecular flexibility index (Phi) is 7.31. The van der Waals surface area contributed by atoms with E-state index in [9.17, 15) is 22.8 Å². The number of pyridine rings is 1. The van der Waals surface area contributed by atoms with Crippen molar-refractivity contribution >= 4 is 28.8 Å². The molecule has 0 aliphatic heterocycles. The number of carbonyl (C=O) groups is 2.